The average molecular weight is 368 g/mol. The third-order valence-electron chi connectivity index (χ3n) is 2.44. The number of nitrogens with two attached hydrogens (primary N) is 1. The predicted octanol–water partition coefficient (Wildman–Crippen LogP) is 2.19. The Morgan fingerprint density at radius 2 is 2.10 bits per heavy atom. The van der Waals surface area contributed by atoms with E-state index in [-0.39, 0.29) is 17.8 Å². The number of benzene rings is 1. The number of rotatable bonds is 3. The highest BCUT2D eigenvalue weighted by molar-refractivity contribution is 9.10. The number of halogens is 2. The number of nitrogens with one attached hydrogen (secondary N) is 1. The van der Waals surface area contributed by atoms with Crippen LogP contribution in [0.2, 0.25) is 5.02 Å². The van der Waals surface area contributed by atoms with Crippen molar-refractivity contribution in [1.82, 2.24) is 29.7 Å². The lowest BCUT2D eigenvalue weighted by atomic mass is 10.3. The van der Waals surface area contributed by atoms with Gasteiger partial charge < -0.3 is 11.1 Å². The lowest BCUT2D eigenvalue weighted by Crippen LogP contribution is -2.09. The minimum atomic E-state index is 0.0594. The van der Waals surface area contributed by atoms with E-state index in [4.69, 9.17) is 17.3 Å². The molecule has 0 atom stereocenters. The summed E-state index contributed by atoms with van der Waals surface area (Å²) in [4.78, 5) is 16.1. The predicted molar refractivity (Wildman–Crippen MR) is 81.6 cm³/mol. The molecule has 3 aromatic rings. The Morgan fingerprint density at radius 3 is 2.86 bits per heavy atom. The van der Waals surface area contributed by atoms with Gasteiger partial charge in [0.05, 0.1) is 10.7 Å². The lowest BCUT2D eigenvalue weighted by Gasteiger charge is -2.08. The van der Waals surface area contributed by atoms with Crippen molar-refractivity contribution >= 4 is 45.1 Å². The van der Waals surface area contributed by atoms with E-state index in [1.807, 2.05) is 6.07 Å². The monoisotopic (exact) mass is 366 g/mol. The van der Waals surface area contributed by atoms with Gasteiger partial charge in [-0.2, -0.15) is 24.7 Å². The molecular weight excluding hydrogens is 360 g/mol. The van der Waals surface area contributed by atoms with E-state index >= 15 is 0 Å². The molecule has 0 fully saturated rings. The Morgan fingerprint density at radius 1 is 1.24 bits per heavy atom. The summed E-state index contributed by atoms with van der Waals surface area (Å²) < 4.78 is 2.25. The fourth-order valence-corrected chi connectivity index (χ4v) is 2.09. The maximum atomic E-state index is 6.11. The standard InChI is InChI=1S/C11H8BrClN8/c12-6-1-2-7(13)8(3-6)17-10-18-9(14)19-11(20-10)21-5-15-4-16-21/h1-5H,(H3,14,17,18,19,20). The molecule has 0 aliphatic rings. The van der Waals surface area contributed by atoms with E-state index < -0.39 is 0 Å². The minimum absolute atomic E-state index is 0.0594. The molecule has 2 heterocycles. The molecule has 8 nitrogen and oxygen atoms in total. The molecular formula is C11H8BrClN8. The Labute approximate surface area is 132 Å². The molecule has 0 aliphatic carbocycles. The number of hydrogen-bond donors (Lipinski definition) is 2. The van der Waals surface area contributed by atoms with E-state index in [1.165, 1.54) is 17.3 Å². The maximum absolute atomic E-state index is 6.11. The van der Waals surface area contributed by atoms with Gasteiger partial charge in [-0.25, -0.2) is 4.98 Å². The first-order chi connectivity index (χ1) is 10.1. The van der Waals surface area contributed by atoms with E-state index in [0.717, 1.165) is 4.47 Å². The first-order valence-electron chi connectivity index (χ1n) is 5.70. The van der Waals surface area contributed by atoms with Gasteiger partial charge in [0.15, 0.2) is 0 Å². The average Bonchev–Trinajstić information content (AvgIpc) is 2.96. The number of anilines is 3. The first kappa shape index (κ1) is 13.7. The Hall–Kier alpha value is -2.26. The number of nitrogen functional groups attached to an aromatic ring is 1. The third-order valence-corrected chi connectivity index (χ3v) is 3.26. The first-order valence-corrected chi connectivity index (χ1v) is 6.87. The highest BCUT2D eigenvalue weighted by Gasteiger charge is 2.09. The third kappa shape index (κ3) is 3.09. The molecule has 3 N–H and O–H groups in total. The van der Waals surface area contributed by atoms with Gasteiger partial charge in [0.2, 0.25) is 11.9 Å². The molecule has 2 aromatic heterocycles. The molecule has 0 saturated heterocycles. The maximum Gasteiger partial charge on any atom is 0.258 e. The van der Waals surface area contributed by atoms with Crippen molar-refractivity contribution in [3.05, 3.63) is 40.3 Å². The summed E-state index contributed by atoms with van der Waals surface area (Å²) in [5.74, 6) is 0.575. The summed E-state index contributed by atoms with van der Waals surface area (Å²) in [5.41, 5.74) is 6.32. The molecule has 0 aliphatic heterocycles. The smallest absolute Gasteiger partial charge is 0.258 e. The van der Waals surface area contributed by atoms with Crippen LogP contribution in [0.15, 0.2) is 35.3 Å². The summed E-state index contributed by atoms with van der Waals surface area (Å²) >= 11 is 9.48. The Kier molecular flexibility index (Phi) is 3.67. The van der Waals surface area contributed by atoms with Crippen LogP contribution in [0.4, 0.5) is 17.6 Å². The molecule has 0 saturated carbocycles. The molecule has 3 rings (SSSR count). The molecule has 1 aromatic carbocycles. The van der Waals surface area contributed by atoms with Crippen molar-refractivity contribution in [1.29, 1.82) is 0 Å². The van der Waals surface area contributed by atoms with Gasteiger partial charge in [-0.05, 0) is 18.2 Å². The number of aromatic nitrogens is 6. The van der Waals surface area contributed by atoms with E-state index in [0.29, 0.717) is 10.7 Å². The van der Waals surface area contributed by atoms with Crippen LogP contribution in [0.5, 0.6) is 0 Å². The SMILES string of the molecule is Nc1nc(Nc2cc(Br)ccc2Cl)nc(-n2cncn2)n1. The van der Waals surface area contributed by atoms with Crippen molar-refractivity contribution in [3.63, 3.8) is 0 Å². The van der Waals surface area contributed by atoms with Crippen molar-refractivity contribution < 1.29 is 0 Å². The Balaban J connectivity index is 1.97. The molecule has 0 bridgehead atoms. The van der Waals surface area contributed by atoms with Crippen LogP contribution in [0.1, 0.15) is 0 Å². The van der Waals surface area contributed by atoms with Crippen LogP contribution in [0, 0.1) is 0 Å². The van der Waals surface area contributed by atoms with Crippen LogP contribution in [0.25, 0.3) is 5.95 Å². The molecule has 21 heavy (non-hydrogen) atoms. The summed E-state index contributed by atoms with van der Waals surface area (Å²) in [5, 5.41) is 7.46. The highest BCUT2D eigenvalue weighted by atomic mass is 79.9. The van der Waals surface area contributed by atoms with E-state index in [2.05, 4.69) is 46.3 Å². The second-order valence-electron chi connectivity index (χ2n) is 3.91. The van der Waals surface area contributed by atoms with Gasteiger partial charge in [0.25, 0.3) is 5.95 Å². The molecule has 0 unspecified atom stereocenters. The largest absolute Gasteiger partial charge is 0.368 e. The zero-order chi connectivity index (χ0) is 14.8. The highest BCUT2D eigenvalue weighted by Crippen LogP contribution is 2.27. The minimum Gasteiger partial charge on any atom is -0.368 e. The van der Waals surface area contributed by atoms with Crippen LogP contribution >= 0.6 is 27.5 Å². The quantitative estimate of drug-likeness (QED) is 0.730. The summed E-state index contributed by atoms with van der Waals surface area (Å²) in [7, 11) is 0. The van der Waals surface area contributed by atoms with Gasteiger partial charge in [-0.1, -0.05) is 27.5 Å². The van der Waals surface area contributed by atoms with Crippen molar-refractivity contribution in [2.45, 2.75) is 0 Å². The van der Waals surface area contributed by atoms with Gasteiger partial charge >= 0.3 is 0 Å². The zero-order valence-corrected chi connectivity index (χ0v) is 12.7. The Bertz CT molecular complexity index is 776. The number of nitrogens with zero attached hydrogens (tertiary/aromatic N) is 6. The van der Waals surface area contributed by atoms with Gasteiger partial charge in [0, 0.05) is 4.47 Å². The molecule has 0 radical (unpaired) electrons. The fraction of sp³-hybridized carbons (Fsp3) is 0. The van der Waals surface area contributed by atoms with E-state index in [1.54, 1.807) is 12.1 Å². The van der Waals surface area contributed by atoms with Gasteiger partial charge in [-0.15, -0.1) is 0 Å². The number of hydrogen-bond acceptors (Lipinski definition) is 7. The van der Waals surface area contributed by atoms with Crippen molar-refractivity contribution in [2.75, 3.05) is 11.1 Å². The van der Waals surface area contributed by atoms with E-state index in [9.17, 15) is 0 Å². The second-order valence-corrected chi connectivity index (χ2v) is 5.23. The van der Waals surface area contributed by atoms with Crippen LogP contribution < -0.4 is 11.1 Å². The zero-order valence-electron chi connectivity index (χ0n) is 10.4. The summed E-state index contributed by atoms with van der Waals surface area (Å²) in [6.45, 7) is 0. The van der Waals surface area contributed by atoms with Crippen molar-refractivity contribution in [3.8, 4) is 5.95 Å². The summed E-state index contributed by atoms with van der Waals surface area (Å²) in [6, 6.07) is 5.38. The molecule has 106 valence electrons. The van der Waals surface area contributed by atoms with Crippen LogP contribution in [0.3, 0.4) is 0 Å². The van der Waals surface area contributed by atoms with Crippen LogP contribution in [-0.4, -0.2) is 29.7 Å². The van der Waals surface area contributed by atoms with Gasteiger partial charge in [0.1, 0.15) is 12.7 Å². The fourth-order valence-electron chi connectivity index (χ4n) is 1.56. The second kappa shape index (κ2) is 5.62. The molecule has 0 spiro atoms. The van der Waals surface area contributed by atoms with Gasteiger partial charge in [-0.3, -0.25) is 0 Å². The van der Waals surface area contributed by atoms with Crippen LogP contribution in [-0.2, 0) is 0 Å². The topological polar surface area (TPSA) is 107 Å². The normalized spacial score (nSPS) is 10.6. The molecule has 10 heteroatoms. The molecule has 0 amide bonds. The van der Waals surface area contributed by atoms with Crippen molar-refractivity contribution in [2.24, 2.45) is 0 Å². The summed E-state index contributed by atoms with van der Waals surface area (Å²) in [6.07, 6.45) is 2.84. The lowest BCUT2D eigenvalue weighted by molar-refractivity contribution is 0.800.